The summed E-state index contributed by atoms with van der Waals surface area (Å²) >= 11 is 6.64. The molecule has 9 heteroatoms. The molecular formula is C22H26N4O3S2. The molecule has 0 aromatic carbocycles. The second kappa shape index (κ2) is 9.50. The average Bonchev–Trinajstić information content (AvgIpc) is 3.36. The van der Waals surface area contributed by atoms with E-state index in [1.54, 1.807) is 17.2 Å². The number of thioether (sulfide) groups is 1. The number of fused-ring (bicyclic) bond motifs is 1. The Hall–Kier alpha value is -2.23. The number of carbonyl (C=O) groups is 1. The Labute approximate surface area is 190 Å². The molecule has 2 aromatic rings. The summed E-state index contributed by atoms with van der Waals surface area (Å²) in [6, 6.07) is 3.74. The van der Waals surface area contributed by atoms with Crippen molar-refractivity contribution in [2.75, 3.05) is 25.0 Å². The van der Waals surface area contributed by atoms with Crippen molar-refractivity contribution in [2.45, 2.75) is 45.6 Å². The van der Waals surface area contributed by atoms with Crippen LogP contribution in [-0.4, -0.2) is 50.3 Å². The minimum Gasteiger partial charge on any atom is -0.376 e. The molecule has 2 fully saturated rings. The lowest BCUT2D eigenvalue weighted by Gasteiger charge is -2.15. The number of unbranched alkanes of at least 4 members (excludes halogenated alkanes) is 1. The van der Waals surface area contributed by atoms with Gasteiger partial charge in [0.25, 0.3) is 11.5 Å². The molecule has 164 valence electrons. The van der Waals surface area contributed by atoms with Crippen LogP contribution in [-0.2, 0) is 9.53 Å². The molecule has 1 amide bonds. The van der Waals surface area contributed by atoms with Crippen LogP contribution in [0.25, 0.3) is 11.7 Å². The fourth-order valence-electron chi connectivity index (χ4n) is 3.73. The first-order chi connectivity index (χ1) is 15.0. The molecule has 1 atom stereocenters. The van der Waals surface area contributed by atoms with Crippen LogP contribution in [0.15, 0.2) is 28.0 Å². The number of anilines is 1. The molecule has 0 spiro atoms. The van der Waals surface area contributed by atoms with Crippen molar-refractivity contribution < 1.29 is 9.53 Å². The summed E-state index contributed by atoms with van der Waals surface area (Å²) in [7, 11) is 0. The van der Waals surface area contributed by atoms with Crippen LogP contribution in [0.5, 0.6) is 0 Å². The van der Waals surface area contributed by atoms with E-state index in [4.69, 9.17) is 21.9 Å². The van der Waals surface area contributed by atoms with E-state index >= 15 is 0 Å². The van der Waals surface area contributed by atoms with Crippen molar-refractivity contribution in [1.82, 2.24) is 14.3 Å². The first-order valence-electron chi connectivity index (χ1n) is 10.6. The highest BCUT2D eigenvalue weighted by atomic mass is 32.2. The fourth-order valence-corrected chi connectivity index (χ4v) is 5.02. The Balaban J connectivity index is 1.74. The van der Waals surface area contributed by atoms with Crippen molar-refractivity contribution in [3.05, 3.63) is 44.7 Å². The molecule has 2 aliphatic heterocycles. The number of aromatic nitrogens is 2. The van der Waals surface area contributed by atoms with Gasteiger partial charge in [0.05, 0.1) is 16.6 Å². The third-order valence-electron chi connectivity index (χ3n) is 5.49. The third kappa shape index (κ3) is 4.53. The zero-order chi connectivity index (χ0) is 22.0. The van der Waals surface area contributed by atoms with Crippen molar-refractivity contribution in [3.63, 3.8) is 0 Å². The van der Waals surface area contributed by atoms with Gasteiger partial charge in [-0.2, -0.15) is 0 Å². The molecule has 0 saturated carbocycles. The summed E-state index contributed by atoms with van der Waals surface area (Å²) in [5.74, 6) is 0.316. The zero-order valence-electron chi connectivity index (χ0n) is 17.7. The highest BCUT2D eigenvalue weighted by molar-refractivity contribution is 8.26. The van der Waals surface area contributed by atoms with E-state index in [-0.39, 0.29) is 17.6 Å². The van der Waals surface area contributed by atoms with Gasteiger partial charge in [0.15, 0.2) is 0 Å². The number of carbonyl (C=O) groups excluding carboxylic acids is 1. The number of amides is 1. The summed E-state index contributed by atoms with van der Waals surface area (Å²) in [6.45, 7) is 5.91. The quantitative estimate of drug-likeness (QED) is 0.502. The number of aryl methyl sites for hydroxylation is 1. The predicted octanol–water partition coefficient (Wildman–Crippen LogP) is 3.60. The van der Waals surface area contributed by atoms with Crippen LogP contribution in [0.1, 0.15) is 43.7 Å². The van der Waals surface area contributed by atoms with E-state index in [2.05, 4.69) is 12.2 Å². The molecule has 1 N–H and O–H groups in total. The number of rotatable bonds is 7. The van der Waals surface area contributed by atoms with Crippen LogP contribution in [0.4, 0.5) is 5.82 Å². The van der Waals surface area contributed by atoms with Crippen LogP contribution in [0.3, 0.4) is 0 Å². The summed E-state index contributed by atoms with van der Waals surface area (Å²) < 4.78 is 7.76. The number of nitrogens with zero attached hydrogens (tertiary/aromatic N) is 3. The number of nitrogens with one attached hydrogen (secondary N) is 1. The SMILES string of the molecule is CCCCN1C(=O)/C(=C\c2c(NC[C@@H]3CCCO3)nc3c(C)cccn3c2=O)SC1=S. The summed E-state index contributed by atoms with van der Waals surface area (Å²) in [6.07, 6.45) is 7.29. The lowest BCUT2D eigenvalue weighted by molar-refractivity contribution is -0.122. The lowest BCUT2D eigenvalue weighted by atomic mass is 10.2. The van der Waals surface area contributed by atoms with Crippen LogP contribution in [0, 0.1) is 6.92 Å². The van der Waals surface area contributed by atoms with E-state index in [0.717, 1.165) is 37.9 Å². The van der Waals surface area contributed by atoms with Crippen LogP contribution >= 0.6 is 24.0 Å². The predicted molar refractivity (Wildman–Crippen MR) is 128 cm³/mol. The Bertz CT molecular complexity index is 1110. The highest BCUT2D eigenvalue weighted by Crippen LogP contribution is 2.33. The topological polar surface area (TPSA) is 75.9 Å². The molecule has 2 aromatic heterocycles. The molecule has 2 saturated heterocycles. The van der Waals surface area contributed by atoms with Gasteiger partial charge in [-0.05, 0) is 43.9 Å². The second-order valence-corrected chi connectivity index (χ2v) is 9.44. The third-order valence-corrected chi connectivity index (χ3v) is 6.87. The standard InChI is InChI=1S/C22H26N4O3S2/c1-3-4-9-26-21(28)17(31-22(26)30)12-16-18(23-13-15-8-6-11-29-15)24-19-14(2)7-5-10-25(19)20(16)27/h5,7,10,12,15,23H,3-4,6,8-9,11,13H2,1-2H3/b17-12+/t15-/m0/s1. The number of ether oxygens (including phenoxy) is 1. The smallest absolute Gasteiger partial charge is 0.267 e. The Morgan fingerprint density at radius 1 is 1.42 bits per heavy atom. The molecule has 0 bridgehead atoms. The molecule has 0 radical (unpaired) electrons. The van der Waals surface area contributed by atoms with Crippen molar-refractivity contribution in [1.29, 1.82) is 0 Å². The molecule has 0 aliphatic carbocycles. The normalized spacial score (nSPS) is 20.4. The average molecular weight is 459 g/mol. The van der Waals surface area contributed by atoms with Gasteiger partial charge < -0.3 is 10.1 Å². The van der Waals surface area contributed by atoms with Gasteiger partial charge >= 0.3 is 0 Å². The van der Waals surface area contributed by atoms with Gasteiger partial charge in [-0.3, -0.25) is 18.9 Å². The maximum absolute atomic E-state index is 13.4. The maximum atomic E-state index is 13.4. The van der Waals surface area contributed by atoms with E-state index in [0.29, 0.717) is 39.3 Å². The number of hydrogen-bond donors (Lipinski definition) is 1. The van der Waals surface area contributed by atoms with Crippen LogP contribution < -0.4 is 10.9 Å². The summed E-state index contributed by atoms with van der Waals surface area (Å²) in [5.41, 5.74) is 1.63. The molecule has 0 unspecified atom stereocenters. The number of pyridine rings is 1. The van der Waals surface area contributed by atoms with E-state index in [1.165, 1.54) is 16.2 Å². The fraction of sp³-hybridized carbons (Fsp3) is 0.455. The van der Waals surface area contributed by atoms with E-state index < -0.39 is 0 Å². The largest absolute Gasteiger partial charge is 0.376 e. The van der Waals surface area contributed by atoms with Gasteiger partial charge in [0.2, 0.25) is 0 Å². The molecule has 4 heterocycles. The first kappa shape index (κ1) is 22.0. The van der Waals surface area contributed by atoms with E-state index in [9.17, 15) is 9.59 Å². The van der Waals surface area contributed by atoms with Gasteiger partial charge in [-0.1, -0.05) is 43.4 Å². The van der Waals surface area contributed by atoms with Gasteiger partial charge in [-0.15, -0.1) is 0 Å². The molecule has 2 aliphatic rings. The Morgan fingerprint density at radius 2 is 2.26 bits per heavy atom. The van der Waals surface area contributed by atoms with Gasteiger partial charge in [0.1, 0.15) is 15.8 Å². The van der Waals surface area contributed by atoms with Crippen molar-refractivity contribution >= 4 is 51.7 Å². The Kier molecular flexibility index (Phi) is 6.74. The highest BCUT2D eigenvalue weighted by Gasteiger charge is 2.32. The number of thiocarbonyl (C=S) groups is 1. The van der Waals surface area contributed by atoms with Crippen molar-refractivity contribution in [2.24, 2.45) is 0 Å². The van der Waals surface area contributed by atoms with Crippen molar-refractivity contribution in [3.8, 4) is 0 Å². The maximum Gasteiger partial charge on any atom is 0.267 e. The summed E-state index contributed by atoms with van der Waals surface area (Å²) in [5, 5.41) is 3.30. The van der Waals surface area contributed by atoms with E-state index in [1.807, 2.05) is 19.1 Å². The molecule has 4 rings (SSSR count). The lowest BCUT2D eigenvalue weighted by Crippen LogP contribution is -2.29. The zero-order valence-corrected chi connectivity index (χ0v) is 19.4. The number of hydrogen-bond acceptors (Lipinski definition) is 7. The molecule has 31 heavy (non-hydrogen) atoms. The monoisotopic (exact) mass is 458 g/mol. The minimum atomic E-state index is -0.220. The molecular weight excluding hydrogens is 432 g/mol. The summed E-state index contributed by atoms with van der Waals surface area (Å²) in [4.78, 5) is 33.1. The van der Waals surface area contributed by atoms with Gasteiger partial charge in [-0.25, -0.2) is 4.98 Å². The first-order valence-corrected chi connectivity index (χ1v) is 11.8. The van der Waals surface area contributed by atoms with Crippen LogP contribution in [0.2, 0.25) is 0 Å². The Morgan fingerprint density at radius 3 is 3.00 bits per heavy atom. The molecule has 7 nitrogen and oxygen atoms in total. The minimum absolute atomic E-state index is 0.0947. The van der Waals surface area contributed by atoms with Gasteiger partial charge in [0, 0.05) is 25.9 Å². The second-order valence-electron chi connectivity index (χ2n) is 7.77.